The van der Waals surface area contributed by atoms with Gasteiger partial charge in [0.2, 0.25) is 0 Å². The zero-order chi connectivity index (χ0) is 12.3. The van der Waals surface area contributed by atoms with Gasteiger partial charge in [0.25, 0.3) is 0 Å². The normalized spacial score (nSPS) is 7.73. The lowest BCUT2D eigenvalue weighted by Crippen LogP contribution is -1.93. The fraction of sp³-hybridized carbons (Fsp3) is 0.300. The van der Waals surface area contributed by atoms with Crippen LogP contribution in [0.5, 0.6) is 5.75 Å². The number of hydrogen-bond donors (Lipinski definition) is 2. The number of phenolic OH excluding ortho intramolecular Hbond substituents is 1. The molecule has 3 nitrogen and oxygen atoms in total. The first-order chi connectivity index (χ1) is 7.11. The maximum Gasteiger partial charge on any atom is 0.335 e. The number of benzene rings is 1. The third kappa shape index (κ3) is 9.86. The molecule has 1 aromatic rings. The van der Waals surface area contributed by atoms with E-state index in [1.54, 1.807) is 8.93 Å². The molecule has 0 aliphatic heterocycles. The van der Waals surface area contributed by atoms with E-state index in [2.05, 4.69) is 21.2 Å². The molecule has 0 saturated heterocycles. The number of aromatic carboxylic acids is 1. The molecular weight excluding hydrogens is 327 g/mol. The van der Waals surface area contributed by atoms with E-state index in [1.165, 1.54) is 24.3 Å². The molecule has 0 atom stereocenters. The van der Waals surface area contributed by atoms with Crippen molar-refractivity contribution in [2.75, 3.05) is 6.26 Å². The summed E-state index contributed by atoms with van der Waals surface area (Å²) in [7, 11) is 1.72. The van der Waals surface area contributed by atoms with Gasteiger partial charge in [0, 0.05) is 0 Å². The highest BCUT2D eigenvalue weighted by Gasteiger charge is 1.99. The molecule has 0 heterocycles. The van der Waals surface area contributed by atoms with Crippen LogP contribution in [0, 0.1) is 0 Å². The van der Waals surface area contributed by atoms with Crippen molar-refractivity contribution in [3.63, 3.8) is 0 Å². The predicted octanol–water partition coefficient (Wildman–Crippen LogP) is 3.82. The van der Waals surface area contributed by atoms with Crippen molar-refractivity contribution in [3.05, 3.63) is 29.8 Å². The molecule has 1 aromatic carbocycles. The Labute approximate surface area is 106 Å². The Bertz CT molecular complexity index is 262. The molecule has 0 aromatic heterocycles. The SMILES string of the molecule is CC.CSI.O=C(O)c1ccc(O)cc1. The molecule has 0 spiro atoms. The van der Waals surface area contributed by atoms with Crippen LogP contribution in [0.4, 0.5) is 0 Å². The molecule has 15 heavy (non-hydrogen) atoms. The van der Waals surface area contributed by atoms with Crippen LogP contribution in [0.3, 0.4) is 0 Å². The summed E-state index contributed by atoms with van der Waals surface area (Å²) in [5.74, 6) is -0.912. The van der Waals surface area contributed by atoms with E-state index in [1.807, 2.05) is 20.1 Å². The highest BCUT2D eigenvalue weighted by Crippen LogP contribution is 2.08. The highest BCUT2D eigenvalue weighted by atomic mass is 127. The van der Waals surface area contributed by atoms with Gasteiger partial charge in [-0.15, -0.1) is 0 Å². The Morgan fingerprint density at radius 3 is 1.87 bits per heavy atom. The van der Waals surface area contributed by atoms with Crippen LogP contribution in [-0.4, -0.2) is 22.4 Å². The van der Waals surface area contributed by atoms with Crippen LogP contribution in [0.1, 0.15) is 24.2 Å². The summed E-state index contributed by atoms with van der Waals surface area (Å²) >= 11 is 2.20. The molecule has 2 N–H and O–H groups in total. The van der Waals surface area contributed by atoms with Gasteiger partial charge in [0.15, 0.2) is 0 Å². The molecule has 0 aliphatic carbocycles. The van der Waals surface area contributed by atoms with Gasteiger partial charge in [0.1, 0.15) is 5.75 Å². The maximum absolute atomic E-state index is 10.2. The first-order valence-electron chi connectivity index (χ1n) is 4.29. The molecule has 0 bridgehead atoms. The number of rotatable bonds is 1. The lowest BCUT2D eigenvalue weighted by molar-refractivity contribution is 0.0697. The van der Waals surface area contributed by atoms with Gasteiger partial charge < -0.3 is 10.2 Å². The van der Waals surface area contributed by atoms with Crippen molar-refractivity contribution < 1.29 is 15.0 Å². The summed E-state index contributed by atoms with van der Waals surface area (Å²) in [6.07, 6.45) is 2.03. The minimum absolute atomic E-state index is 0.0741. The van der Waals surface area contributed by atoms with E-state index in [4.69, 9.17) is 10.2 Å². The van der Waals surface area contributed by atoms with Crippen LogP contribution in [0.15, 0.2) is 24.3 Å². The Morgan fingerprint density at radius 2 is 1.60 bits per heavy atom. The summed E-state index contributed by atoms with van der Waals surface area (Å²) in [4.78, 5) is 10.2. The average Bonchev–Trinajstić information content (AvgIpc) is 2.22. The second kappa shape index (κ2) is 11.6. The minimum atomic E-state index is -0.986. The van der Waals surface area contributed by atoms with Gasteiger partial charge in [-0.25, -0.2) is 4.79 Å². The van der Waals surface area contributed by atoms with E-state index in [0.717, 1.165) is 0 Å². The van der Waals surface area contributed by atoms with E-state index in [-0.39, 0.29) is 11.3 Å². The summed E-state index contributed by atoms with van der Waals surface area (Å²) < 4.78 is 0. The van der Waals surface area contributed by atoms with Gasteiger partial charge in [0.05, 0.1) is 5.56 Å². The molecule has 0 aliphatic rings. The lowest BCUT2D eigenvalue weighted by atomic mass is 10.2. The number of carboxylic acids is 1. The fourth-order valence-corrected chi connectivity index (χ4v) is 0.604. The molecule has 1 rings (SSSR count). The Balaban J connectivity index is 0. The van der Waals surface area contributed by atoms with E-state index >= 15 is 0 Å². The van der Waals surface area contributed by atoms with Crippen LogP contribution in [0.2, 0.25) is 0 Å². The van der Waals surface area contributed by atoms with E-state index < -0.39 is 5.97 Å². The monoisotopic (exact) mass is 342 g/mol. The third-order valence-electron chi connectivity index (χ3n) is 1.11. The maximum atomic E-state index is 10.2. The molecule has 5 heteroatoms. The largest absolute Gasteiger partial charge is 0.508 e. The summed E-state index contributed by atoms with van der Waals surface area (Å²) in [6, 6.07) is 5.36. The zero-order valence-corrected chi connectivity index (χ0v) is 11.9. The molecule has 0 amide bonds. The van der Waals surface area contributed by atoms with Crippen LogP contribution < -0.4 is 0 Å². The van der Waals surface area contributed by atoms with Crippen molar-refractivity contribution in [1.82, 2.24) is 0 Å². The minimum Gasteiger partial charge on any atom is -0.508 e. The Kier molecular flexibility index (Phi) is 13.2. The molecule has 0 radical (unpaired) electrons. The number of halogens is 1. The standard InChI is InChI=1S/C7H6O3.C2H6.CH3IS/c8-6-3-1-5(2-4-6)7(9)10;1-2;1-3-2/h1-4,8H,(H,9,10);1-2H3;1H3. The first-order valence-corrected chi connectivity index (χ1v) is 8.05. The summed E-state index contributed by atoms with van der Waals surface area (Å²) in [6.45, 7) is 4.00. The number of carbonyl (C=O) groups is 1. The van der Waals surface area contributed by atoms with Crippen molar-refractivity contribution in [2.24, 2.45) is 0 Å². The topological polar surface area (TPSA) is 57.5 Å². The average molecular weight is 342 g/mol. The molecule has 86 valence electrons. The zero-order valence-electron chi connectivity index (χ0n) is 8.90. The Morgan fingerprint density at radius 1 is 1.27 bits per heavy atom. The van der Waals surface area contributed by atoms with Gasteiger partial charge >= 0.3 is 5.97 Å². The van der Waals surface area contributed by atoms with Crippen LogP contribution >= 0.6 is 30.1 Å². The van der Waals surface area contributed by atoms with Crippen molar-refractivity contribution in [1.29, 1.82) is 0 Å². The van der Waals surface area contributed by atoms with Crippen LogP contribution in [-0.2, 0) is 0 Å². The molecule has 0 fully saturated rings. The smallest absolute Gasteiger partial charge is 0.335 e. The highest BCUT2D eigenvalue weighted by molar-refractivity contribution is 14.2. The summed E-state index contributed by atoms with van der Waals surface area (Å²) in [5, 5.41) is 17.1. The Hall–Kier alpha value is -0.430. The second-order valence-electron chi connectivity index (χ2n) is 2.01. The van der Waals surface area contributed by atoms with Gasteiger partial charge in [-0.1, -0.05) is 22.8 Å². The number of phenols is 1. The van der Waals surface area contributed by atoms with E-state index in [0.29, 0.717) is 0 Å². The van der Waals surface area contributed by atoms with Crippen LogP contribution in [0.25, 0.3) is 0 Å². The van der Waals surface area contributed by atoms with Gasteiger partial charge in [-0.2, -0.15) is 0 Å². The molecule has 0 unspecified atom stereocenters. The number of carboxylic acid groups (broad SMARTS) is 1. The summed E-state index contributed by atoms with van der Waals surface area (Å²) in [5.41, 5.74) is 0.179. The first kappa shape index (κ1) is 17.0. The van der Waals surface area contributed by atoms with Crippen molar-refractivity contribution in [2.45, 2.75) is 13.8 Å². The lowest BCUT2D eigenvalue weighted by Gasteiger charge is -1.92. The van der Waals surface area contributed by atoms with Crippen molar-refractivity contribution in [3.8, 4) is 5.75 Å². The van der Waals surface area contributed by atoms with E-state index in [9.17, 15) is 4.79 Å². The fourth-order valence-electron chi connectivity index (χ4n) is 0.604. The predicted molar refractivity (Wildman–Crippen MR) is 73.9 cm³/mol. The second-order valence-corrected chi connectivity index (χ2v) is 4.96. The number of aromatic hydroxyl groups is 1. The third-order valence-corrected chi connectivity index (χ3v) is 1.11. The van der Waals surface area contributed by atoms with Gasteiger partial charge in [-0.05, 0) is 51.7 Å². The molecular formula is C10H15IO3S. The van der Waals surface area contributed by atoms with Crippen molar-refractivity contribution >= 4 is 36.1 Å². The quantitative estimate of drug-likeness (QED) is 0.762. The van der Waals surface area contributed by atoms with Gasteiger partial charge in [-0.3, -0.25) is 0 Å². The molecule has 0 saturated carbocycles. The number of hydrogen-bond acceptors (Lipinski definition) is 3.